The number of carbonyl (C=O) groups is 1. The van der Waals surface area contributed by atoms with E-state index in [2.05, 4.69) is 9.72 Å². The van der Waals surface area contributed by atoms with Crippen LogP contribution in [-0.4, -0.2) is 18.1 Å². The van der Waals surface area contributed by atoms with Crippen molar-refractivity contribution in [3.63, 3.8) is 0 Å². The first-order valence-electron chi connectivity index (χ1n) is 4.83. The number of benzene rings is 1. The minimum absolute atomic E-state index is 0.00324. The Hall–Kier alpha value is -2.02. The van der Waals surface area contributed by atoms with Gasteiger partial charge in [0.05, 0.1) is 12.7 Å². The van der Waals surface area contributed by atoms with Crippen LogP contribution in [0.25, 0.3) is 10.6 Å². The molecule has 0 bridgehead atoms. The maximum Gasteiger partial charge on any atom is 0.359 e. The molecule has 4 nitrogen and oxygen atoms in total. The van der Waals surface area contributed by atoms with Crippen LogP contribution >= 0.6 is 11.3 Å². The molecule has 0 fully saturated rings. The molecule has 0 saturated heterocycles. The lowest BCUT2D eigenvalue weighted by atomic mass is 10.2. The van der Waals surface area contributed by atoms with E-state index in [1.165, 1.54) is 13.2 Å². The highest BCUT2D eigenvalue weighted by molar-refractivity contribution is 7.19. The third-order valence-electron chi connectivity index (χ3n) is 2.21. The molecule has 7 heteroatoms. The first-order chi connectivity index (χ1) is 8.54. The quantitative estimate of drug-likeness (QED) is 0.851. The van der Waals surface area contributed by atoms with Gasteiger partial charge < -0.3 is 10.5 Å². The number of hydrogen-bond donors (Lipinski definition) is 1. The summed E-state index contributed by atoms with van der Waals surface area (Å²) in [6, 6.07) is 3.45. The summed E-state index contributed by atoms with van der Waals surface area (Å²) in [6.07, 6.45) is 0. The second-order valence-corrected chi connectivity index (χ2v) is 4.35. The molecule has 1 heterocycles. The lowest BCUT2D eigenvalue weighted by Crippen LogP contribution is -2.04. The van der Waals surface area contributed by atoms with E-state index in [0.717, 1.165) is 23.5 Å². The molecule has 0 amide bonds. The van der Waals surface area contributed by atoms with Crippen LogP contribution in [0.15, 0.2) is 18.2 Å². The summed E-state index contributed by atoms with van der Waals surface area (Å²) in [5, 5.41) is 0.0583. The number of esters is 1. The Morgan fingerprint density at radius 3 is 2.56 bits per heavy atom. The molecule has 1 aromatic heterocycles. The van der Waals surface area contributed by atoms with Crippen LogP contribution in [0, 0.1) is 11.6 Å². The molecule has 2 aromatic rings. The van der Waals surface area contributed by atoms with Crippen molar-refractivity contribution in [2.24, 2.45) is 0 Å². The van der Waals surface area contributed by atoms with Gasteiger partial charge in [-0.15, -0.1) is 0 Å². The second-order valence-electron chi connectivity index (χ2n) is 3.32. The van der Waals surface area contributed by atoms with Crippen LogP contribution in [0.2, 0.25) is 0 Å². The van der Waals surface area contributed by atoms with E-state index in [9.17, 15) is 13.6 Å². The number of hydrogen-bond acceptors (Lipinski definition) is 5. The number of ether oxygens (including phenoxy) is 1. The van der Waals surface area contributed by atoms with E-state index in [0.29, 0.717) is 0 Å². The maximum atomic E-state index is 13.5. The van der Waals surface area contributed by atoms with Gasteiger partial charge in [0.25, 0.3) is 0 Å². The fourth-order valence-electron chi connectivity index (χ4n) is 1.38. The van der Waals surface area contributed by atoms with Gasteiger partial charge >= 0.3 is 5.97 Å². The van der Waals surface area contributed by atoms with Gasteiger partial charge in [-0.25, -0.2) is 18.6 Å². The van der Waals surface area contributed by atoms with Crippen LogP contribution in [0.1, 0.15) is 10.5 Å². The zero-order valence-corrected chi connectivity index (χ0v) is 10.1. The third kappa shape index (κ3) is 2.04. The molecule has 2 rings (SSSR count). The predicted molar refractivity (Wildman–Crippen MR) is 63.2 cm³/mol. The van der Waals surface area contributed by atoms with Crippen molar-refractivity contribution in [3.05, 3.63) is 35.5 Å². The van der Waals surface area contributed by atoms with Crippen molar-refractivity contribution in [3.8, 4) is 10.6 Å². The minimum atomic E-state index is -0.764. The summed E-state index contributed by atoms with van der Waals surface area (Å²) in [5.74, 6) is -2.27. The van der Waals surface area contributed by atoms with Crippen LogP contribution in [0.4, 0.5) is 13.8 Å². The van der Waals surface area contributed by atoms with Crippen molar-refractivity contribution in [2.45, 2.75) is 0 Å². The van der Waals surface area contributed by atoms with Crippen LogP contribution in [0.5, 0.6) is 0 Å². The molecular weight excluding hydrogens is 262 g/mol. The van der Waals surface area contributed by atoms with Gasteiger partial charge in [0.1, 0.15) is 21.6 Å². The molecule has 94 valence electrons. The van der Waals surface area contributed by atoms with Gasteiger partial charge in [0, 0.05) is 0 Å². The predicted octanol–water partition coefficient (Wildman–Crippen LogP) is 2.46. The van der Waals surface area contributed by atoms with Crippen molar-refractivity contribution in [1.29, 1.82) is 0 Å². The molecule has 2 N–H and O–H groups in total. The summed E-state index contributed by atoms with van der Waals surface area (Å²) in [7, 11) is 1.17. The van der Waals surface area contributed by atoms with Gasteiger partial charge in [-0.3, -0.25) is 0 Å². The van der Waals surface area contributed by atoms with Crippen molar-refractivity contribution >= 4 is 22.3 Å². The number of nitrogen functional groups attached to an aromatic ring is 1. The second kappa shape index (κ2) is 4.69. The highest BCUT2D eigenvalue weighted by Gasteiger charge is 2.21. The molecule has 0 radical (unpaired) electrons. The largest absolute Gasteiger partial charge is 0.464 e. The number of anilines is 1. The van der Waals surface area contributed by atoms with Crippen molar-refractivity contribution in [1.82, 2.24) is 4.98 Å². The zero-order chi connectivity index (χ0) is 13.3. The summed E-state index contributed by atoms with van der Waals surface area (Å²) in [4.78, 5) is 15.1. The zero-order valence-electron chi connectivity index (χ0n) is 9.24. The van der Waals surface area contributed by atoms with E-state index in [-0.39, 0.29) is 21.3 Å². The highest BCUT2D eigenvalue weighted by atomic mass is 32.1. The monoisotopic (exact) mass is 270 g/mol. The van der Waals surface area contributed by atoms with Gasteiger partial charge in [0.15, 0.2) is 5.69 Å². The average molecular weight is 270 g/mol. The molecule has 0 atom stereocenters. The van der Waals surface area contributed by atoms with Crippen molar-refractivity contribution in [2.75, 3.05) is 12.8 Å². The molecule has 0 aliphatic heterocycles. The van der Waals surface area contributed by atoms with Gasteiger partial charge in [-0.2, -0.15) is 0 Å². The number of nitrogens with zero attached hydrogens (tertiary/aromatic N) is 1. The number of methoxy groups -OCH3 is 1. The highest BCUT2D eigenvalue weighted by Crippen LogP contribution is 2.33. The standard InChI is InChI=1S/C11H8F2N2O2S/c1-17-11(16)8-9(14)18-10(15-8)7-5(12)3-2-4-6(7)13/h2-4H,14H2,1H3. The van der Waals surface area contributed by atoms with E-state index in [1.54, 1.807) is 0 Å². The molecule has 0 spiro atoms. The minimum Gasteiger partial charge on any atom is -0.464 e. The molecular formula is C11H8F2N2O2S. The summed E-state index contributed by atoms with van der Waals surface area (Å²) in [5.41, 5.74) is 5.13. The Balaban J connectivity index is 2.56. The number of thiazole rings is 1. The van der Waals surface area contributed by atoms with E-state index in [4.69, 9.17) is 5.73 Å². The van der Waals surface area contributed by atoms with Gasteiger partial charge in [-0.1, -0.05) is 17.4 Å². The topological polar surface area (TPSA) is 65.2 Å². The number of nitrogens with two attached hydrogens (primary N) is 1. The van der Waals surface area contributed by atoms with Crippen LogP contribution < -0.4 is 5.73 Å². The molecule has 0 saturated carbocycles. The normalized spacial score (nSPS) is 10.4. The van der Waals surface area contributed by atoms with Crippen LogP contribution in [0.3, 0.4) is 0 Å². The molecule has 0 aliphatic rings. The lowest BCUT2D eigenvalue weighted by molar-refractivity contribution is 0.0596. The summed E-state index contributed by atoms with van der Waals surface area (Å²) < 4.78 is 31.5. The molecule has 0 unspecified atom stereocenters. The third-order valence-corrected chi connectivity index (χ3v) is 3.11. The van der Waals surface area contributed by atoms with Crippen LogP contribution in [-0.2, 0) is 4.74 Å². The van der Waals surface area contributed by atoms with Crippen molar-refractivity contribution < 1.29 is 18.3 Å². The van der Waals surface area contributed by atoms with Gasteiger partial charge in [-0.05, 0) is 12.1 Å². The fourth-order valence-corrected chi connectivity index (χ4v) is 2.25. The Bertz CT molecular complexity index is 593. The Labute approximate surface area is 105 Å². The first kappa shape index (κ1) is 12.4. The first-order valence-corrected chi connectivity index (χ1v) is 5.65. The number of aromatic nitrogens is 1. The molecule has 0 aliphatic carbocycles. The smallest absolute Gasteiger partial charge is 0.359 e. The van der Waals surface area contributed by atoms with Gasteiger partial charge in [0.2, 0.25) is 0 Å². The number of carbonyl (C=O) groups excluding carboxylic acids is 1. The Kier molecular flexibility index (Phi) is 3.24. The summed E-state index contributed by atoms with van der Waals surface area (Å²) in [6.45, 7) is 0. The lowest BCUT2D eigenvalue weighted by Gasteiger charge is -1.99. The maximum absolute atomic E-state index is 13.5. The average Bonchev–Trinajstić information content (AvgIpc) is 2.70. The Morgan fingerprint density at radius 2 is 2.00 bits per heavy atom. The number of rotatable bonds is 2. The van der Waals surface area contributed by atoms with E-state index >= 15 is 0 Å². The van der Waals surface area contributed by atoms with E-state index < -0.39 is 17.6 Å². The fraction of sp³-hybridized carbons (Fsp3) is 0.0909. The summed E-state index contributed by atoms with van der Waals surface area (Å²) >= 11 is 0.825. The molecule has 1 aromatic carbocycles. The Morgan fingerprint density at radius 1 is 1.39 bits per heavy atom. The molecule has 18 heavy (non-hydrogen) atoms. The SMILES string of the molecule is COC(=O)c1nc(-c2c(F)cccc2F)sc1N. The van der Waals surface area contributed by atoms with E-state index in [1.807, 2.05) is 0 Å². The number of halogens is 2.